The first-order valence-electron chi connectivity index (χ1n) is 13.3. The Labute approximate surface area is 253 Å². The van der Waals surface area contributed by atoms with Gasteiger partial charge in [0.15, 0.2) is 0 Å². The molecule has 0 radical (unpaired) electrons. The van der Waals surface area contributed by atoms with Crippen molar-refractivity contribution in [2.24, 2.45) is 0 Å². The summed E-state index contributed by atoms with van der Waals surface area (Å²) in [5.41, 5.74) is 1.26. The van der Waals surface area contributed by atoms with E-state index < -0.39 is 40.0 Å². The number of halogens is 2. The van der Waals surface area contributed by atoms with Gasteiger partial charge in [-0.05, 0) is 75.6 Å². The quantitative estimate of drug-likeness (QED) is 0.276. The van der Waals surface area contributed by atoms with Gasteiger partial charge in [0.05, 0.1) is 10.6 Å². The molecule has 220 valence electrons. The van der Waals surface area contributed by atoms with Gasteiger partial charge in [-0.3, -0.25) is 13.9 Å². The van der Waals surface area contributed by atoms with Crippen molar-refractivity contribution in [3.63, 3.8) is 0 Å². The SMILES string of the molecule is CC(C)c1ccc(N(CC(=O)N(Cc2c(Cl)cccc2Cl)[C@H](C)C(=O)NC(C)(C)C)S(=O)(=O)c2ccccc2)cc1. The number of hydrogen-bond acceptors (Lipinski definition) is 4. The van der Waals surface area contributed by atoms with E-state index in [4.69, 9.17) is 23.2 Å². The molecule has 0 heterocycles. The Morgan fingerprint density at radius 2 is 1.41 bits per heavy atom. The van der Waals surface area contributed by atoms with Gasteiger partial charge in [-0.2, -0.15) is 0 Å². The highest BCUT2D eigenvalue weighted by Crippen LogP contribution is 2.29. The molecule has 7 nitrogen and oxygen atoms in total. The van der Waals surface area contributed by atoms with Crippen molar-refractivity contribution in [1.29, 1.82) is 0 Å². The smallest absolute Gasteiger partial charge is 0.264 e. The molecule has 0 aliphatic carbocycles. The summed E-state index contributed by atoms with van der Waals surface area (Å²) in [6.45, 7) is 10.5. The molecule has 0 unspecified atom stereocenters. The third-order valence-corrected chi connectivity index (χ3v) is 9.01. The molecule has 0 aliphatic rings. The zero-order valence-corrected chi connectivity index (χ0v) is 26.5. The summed E-state index contributed by atoms with van der Waals surface area (Å²) >= 11 is 12.9. The normalized spacial score (nSPS) is 12.6. The summed E-state index contributed by atoms with van der Waals surface area (Å²) in [6.07, 6.45) is 0. The van der Waals surface area contributed by atoms with E-state index in [-0.39, 0.29) is 17.4 Å². The summed E-state index contributed by atoms with van der Waals surface area (Å²) in [5, 5.41) is 3.56. The van der Waals surface area contributed by atoms with Crippen molar-refractivity contribution < 1.29 is 18.0 Å². The third-order valence-electron chi connectivity index (χ3n) is 6.51. The van der Waals surface area contributed by atoms with Gasteiger partial charge in [-0.15, -0.1) is 0 Å². The highest BCUT2D eigenvalue weighted by Gasteiger charge is 2.34. The molecule has 3 aromatic carbocycles. The molecule has 0 bridgehead atoms. The van der Waals surface area contributed by atoms with Crippen LogP contribution in [0.1, 0.15) is 58.6 Å². The molecule has 0 aliphatic heterocycles. The van der Waals surface area contributed by atoms with Crippen LogP contribution in [-0.2, 0) is 26.2 Å². The van der Waals surface area contributed by atoms with E-state index in [0.29, 0.717) is 21.3 Å². The number of nitrogens with one attached hydrogen (secondary N) is 1. The second kappa shape index (κ2) is 13.3. The predicted molar refractivity (Wildman–Crippen MR) is 166 cm³/mol. The van der Waals surface area contributed by atoms with Crippen LogP contribution in [0.5, 0.6) is 0 Å². The average Bonchev–Trinajstić information content (AvgIpc) is 2.90. The number of nitrogens with zero attached hydrogens (tertiary/aromatic N) is 2. The zero-order chi connectivity index (χ0) is 30.5. The minimum Gasteiger partial charge on any atom is -0.350 e. The summed E-state index contributed by atoms with van der Waals surface area (Å²) < 4.78 is 28.9. The van der Waals surface area contributed by atoms with Crippen LogP contribution >= 0.6 is 23.2 Å². The summed E-state index contributed by atoms with van der Waals surface area (Å²) in [6, 6.07) is 19.0. The maximum Gasteiger partial charge on any atom is 0.264 e. The van der Waals surface area contributed by atoms with Gasteiger partial charge in [0.2, 0.25) is 11.8 Å². The molecule has 1 atom stereocenters. The van der Waals surface area contributed by atoms with Crippen LogP contribution in [0, 0.1) is 0 Å². The number of hydrogen-bond donors (Lipinski definition) is 1. The Kier molecular flexibility index (Phi) is 10.5. The number of anilines is 1. The highest BCUT2D eigenvalue weighted by molar-refractivity contribution is 7.92. The van der Waals surface area contributed by atoms with Crippen LogP contribution in [0.15, 0.2) is 77.7 Å². The van der Waals surface area contributed by atoms with E-state index in [2.05, 4.69) is 5.32 Å². The lowest BCUT2D eigenvalue weighted by Gasteiger charge is -2.34. The molecule has 3 aromatic rings. The Morgan fingerprint density at radius 3 is 1.93 bits per heavy atom. The molecule has 0 spiro atoms. The van der Waals surface area contributed by atoms with Crippen molar-refractivity contribution in [3.05, 3.63) is 94.0 Å². The predicted octanol–water partition coefficient (Wildman–Crippen LogP) is 6.64. The van der Waals surface area contributed by atoms with Crippen molar-refractivity contribution in [3.8, 4) is 0 Å². The fourth-order valence-electron chi connectivity index (χ4n) is 4.18. The molecule has 0 saturated carbocycles. The molecule has 0 fully saturated rings. The van der Waals surface area contributed by atoms with Gasteiger partial charge >= 0.3 is 0 Å². The molecule has 1 N–H and O–H groups in total. The fourth-order valence-corrected chi connectivity index (χ4v) is 6.14. The number of carbonyl (C=O) groups excluding carboxylic acids is 2. The molecule has 3 rings (SSSR count). The third kappa shape index (κ3) is 8.24. The Bertz CT molecular complexity index is 1450. The second-order valence-corrected chi connectivity index (χ2v) is 13.9. The molecule has 2 amide bonds. The lowest BCUT2D eigenvalue weighted by molar-refractivity contribution is -0.140. The first kappa shape index (κ1) is 32.4. The highest BCUT2D eigenvalue weighted by atomic mass is 35.5. The van der Waals surface area contributed by atoms with E-state index in [9.17, 15) is 18.0 Å². The van der Waals surface area contributed by atoms with Gasteiger partial charge in [0.25, 0.3) is 10.0 Å². The lowest BCUT2D eigenvalue weighted by atomic mass is 10.0. The fraction of sp³-hybridized carbons (Fsp3) is 0.355. The number of rotatable bonds is 10. The largest absolute Gasteiger partial charge is 0.350 e. The van der Waals surface area contributed by atoms with Gasteiger partial charge in [-0.1, -0.05) is 73.4 Å². The van der Waals surface area contributed by atoms with Crippen LogP contribution in [-0.4, -0.2) is 43.3 Å². The van der Waals surface area contributed by atoms with Gasteiger partial charge in [0.1, 0.15) is 12.6 Å². The average molecular weight is 619 g/mol. The van der Waals surface area contributed by atoms with Crippen LogP contribution in [0.25, 0.3) is 0 Å². The first-order valence-corrected chi connectivity index (χ1v) is 15.5. The number of benzene rings is 3. The molecule has 41 heavy (non-hydrogen) atoms. The van der Waals surface area contributed by atoms with Crippen LogP contribution in [0.4, 0.5) is 5.69 Å². The first-order chi connectivity index (χ1) is 19.1. The van der Waals surface area contributed by atoms with Crippen molar-refractivity contribution in [2.75, 3.05) is 10.8 Å². The summed E-state index contributed by atoms with van der Waals surface area (Å²) in [5.74, 6) is -0.749. The molecular formula is C31H37Cl2N3O4S. The van der Waals surface area contributed by atoms with Gasteiger partial charge < -0.3 is 10.2 Å². The van der Waals surface area contributed by atoms with E-state index in [1.54, 1.807) is 55.5 Å². The molecular weight excluding hydrogens is 581 g/mol. The van der Waals surface area contributed by atoms with Gasteiger partial charge in [0, 0.05) is 27.7 Å². The van der Waals surface area contributed by atoms with E-state index >= 15 is 0 Å². The monoisotopic (exact) mass is 617 g/mol. The van der Waals surface area contributed by atoms with Crippen LogP contribution < -0.4 is 9.62 Å². The maximum absolute atomic E-state index is 14.1. The zero-order valence-electron chi connectivity index (χ0n) is 24.2. The van der Waals surface area contributed by atoms with Crippen molar-refractivity contribution >= 4 is 50.7 Å². The molecule has 0 saturated heterocycles. The lowest BCUT2D eigenvalue weighted by Crippen LogP contribution is -2.54. The summed E-state index contributed by atoms with van der Waals surface area (Å²) in [4.78, 5) is 28.7. The number of sulfonamides is 1. The Morgan fingerprint density at radius 1 is 0.854 bits per heavy atom. The molecule has 10 heteroatoms. The van der Waals surface area contributed by atoms with Crippen molar-refractivity contribution in [1.82, 2.24) is 10.2 Å². The Balaban J connectivity index is 2.08. The van der Waals surface area contributed by atoms with E-state index in [1.165, 1.54) is 17.0 Å². The second-order valence-electron chi connectivity index (χ2n) is 11.2. The number of amides is 2. The minimum atomic E-state index is -4.15. The van der Waals surface area contributed by atoms with Gasteiger partial charge in [-0.25, -0.2) is 8.42 Å². The van der Waals surface area contributed by atoms with Crippen LogP contribution in [0.2, 0.25) is 10.0 Å². The van der Waals surface area contributed by atoms with E-state index in [0.717, 1.165) is 9.87 Å². The Hall–Kier alpha value is -3.07. The molecule has 0 aromatic heterocycles. The summed E-state index contributed by atoms with van der Waals surface area (Å²) in [7, 11) is -4.15. The minimum absolute atomic E-state index is 0.0416. The van der Waals surface area contributed by atoms with Crippen LogP contribution in [0.3, 0.4) is 0 Å². The van der Waals surface area contributed by atoms with E-state index in [1.807, 2.05) is 46.8 Å². The topological polar surface area (TPSA) is 86.8 Å². The maximum atomic E-state index is 14.1. The number of carbonyl (C=O) groups is 2. The standard InChI is InChI=1S/C31H37Cl2N3O4S/c1-21(2)23-15-17-24(18-16-23)36(41(39,40)25-11-8-7-9-12-25)20-29(37)35(22(3)30(38)34-31(4,5)6)19-26-27(32)13-10-14-28(26)33/h7-18,21-22H,19-20H2,1-6H3,(H,34,38)/t22-/m1/s1. The van der Waals surface area contributed by atoms with Crippen molar-refractivity contribution in [2.45, 2.75) is 70.5 Å².